The number of rotatable bonds is 1. The average Bonchev–Trinajstić information content (AvgIpc) is 2.58. The molecule has 0 N–H and O–H groups in total. The first kappa shape index (κ1) is 15.3. The fourth-order valence-corrected chi connectivity index (χ4v) is 1.60. The Hall–Kier alpha value is 1.27. The summed E-state index contributed by atoms with van der Waals surface area (Å²) in [6.07, 6.45) is 0.433. The minimum atomic E-state index is -4.76. The molecule has 0 aliphatic heterocycles. The van der Waals surface area contributed by atoms with Crippen molar-refractivity contribution in [3.05, 3.63) is 0 Å². The summed E-state index contributed by atoms with van der Waals surface area (Å²) in [5.74, 6) is 2.46. The van der Waals surface area contributed by atoms with E-state index in [1.54, 1.807) is 0 Å². The molecule has 0 heterocycles. The summed E-state index contributed by atoms with van der Waals surface area (Å²) < 4.78 is 37.3. The van der Waals surface area contributed by atoms with E-state index >= 15 is 0 Å². The van der Waals surface area contributed by atoms with Gasteiger partial charge in [-0.25, -0.2) is 0 Å². The molecule has 0 aromatic carbocycles. The Morgan fingerprint density at radius 2 is 1.57 bits per heavy atom. The van der Waals surface area contributed by atoms with E-state index in [2.05, 4.69) is 11.5 Å². The first-order valence-corrected chi connectivity index (χ1v) is 7.90. The maximum Gasteiger partial charge on any atom is 1.00 e. The SMILES string of the molecule is C[Si](C)(C)C#CC1([B-](F)(F)F)CC1.[K+]. The fraction of sp³-hybridized carbons (Fsp3) is 0.750. The van der Waals surface area contributed by atoms with Crippen LogP contribution in [0.3, 0.4) is 0 Å². The molecule has 0 nitrogen and oxygen atoms in total. The number of hydrogen-bond acceptors (Lipinski definition) is 0. The van der Waals surface area contributed by atoms with Gasteiger partial charge in [-0.3, -0.25) is 0 Å². The Kier molecular flexibility index (Phi) is 5.06. The van der Waals surface area contributed by atoms with Crippen LogP contribution in [0.1, 0.15) is 12.8 Å². The summed E-state index contributed by atoms with van der Waals surface area (Å²) in [6.45, 7) is 1.12. The third-order valence-electron chi connectivity index (χ3n) is 2.10. The van der Waals surface area contributed by atoms with Crippen molar-refractivity contribution in [2.24, 2.45) is 0 Å². The minimum absolute atomic E-state index is 0. The molecule has 1 aliphatic rings. The Morgan fingerprint density at radius 3 is 1.79 bits per heavy atom. The van der Waals surface area contributed by atoms with Gasteiger partial charge >= 0.3 is 58.4 Å². The van der Waals surface area contributed by atoms with Crippen molar-refractivity contribution in [3.63, 3.8) is 0 Å². The molecular weight excluding hydrogens is 231 g/mol. The Balaban J connectivity index is 0.00000169. The second-order valence-electron chi connectivity index (χ2n) is 4.73. The van der Waals surface area contributed by atoms with Gasteiger partial charge in [0.2, 0.25) is 0 Å². The predicted octanol–water partition coefficient (Wildman–Crippen LogP) is 0.253. The molecule has 74 valence electrons. The second-order valence-corrected chi connectivity index (χ2v) is 9.48. The maximum absolute atomic E-state index is 12.4. The van der Waals surface area contributed by atoms with Crippen molar-refractivity contribution in [2.75, 3.05) is 0 Å². The van der Waals surface area contributed by atoms with Crippen molar-refractivity contribution < 1.29 is 64.3 Å². The summed E-state index contributed by atoms with van der Waals surface area (Å²) in [5, 5.41) is -1.57. The molecule has 1 aliphatic carbocycles. The summed E-state index contributed by atoms with van der Waals surface area (Å²) in [6, 6.07) is 0. The molecule has 0 aromatic rings. The third-order valence-corrected chi connectivity index (χ3v) is 2.98. The zero-order valence-corrected chi connectivity index (χ0v) is 13.2. The zero-order valence-electron chi connectivity index (χ0n) is 9.13. The first-order valence-electron chi connectivity index (χ1n) is 4.40. The smallest absolute Gasteiger partial charge is 0.448 e. The molecule has 1 rings (SSSR count). The van der Waals surface area contributed by atoms with Crippen LogP contribution in [0, 0.1) is 11.5 Å². The van der Waals surface area contributed by atoms with Crippen LogP contribution in [0.5, 0.6) is 0 Å². The molecule has 0 bridgehead atoms. The van der Waals surface area contributed by atoms with Crippen molar-refractivity contribution in [2.45, 2.75) is 37.8 Å². The molecule has 0 unspecified atom stereocenters. The van der Waals surface area contributed by atoms with Gasteiger partial charge in [0.1, 0.15) is 8.07 Å². The van der Waals surface area contributed by atoms with E-state index in [1.165, 1.54) is 0 Å². The number of halogens is 3. The molecule has 6 heteroatoms. The van der Waals surface area contributed by atoms with Gasteiger partial charge in [0.15, 0.2) is 0 Å². The van der Waals surface area contributed by atoms with Gasteiger partial charge in [-0.1, -0.05) is 32.5 Å². The molecule has 1 fully saturated rings. The van der Waals surface area contributed by atoms with Gasteiger partial charge in [0.25, 0.3) is 0 Å². The molecule has 0 radical (unpaired) electrons. The molecular formula is C8H13BF3KSi. The van der Waals surface area contributed by atoms with Crippen molar-refractivity contribution in [1.82, 2.24) is 0 Å². The van der Waals surface area contributed by atoms with Crippen LogP contribution in [0.4, 0.5) is 12.9 Å². The summed E-state index contributed by atoms with van der Waals surface area (Å²) in [7, 11) is -1.66. The van der Waals surface area contributed by atoms with Crippen molar-refractivity contribution in [3.8, 4) is 11.5 Å². The largest absolute Gasteiger partial charge is 1.00 e. The third kappa shape index (κ3) is 4.03. The second kappa shape index (κ2) is 4.64. The molecule has 1 saturated carbocycles. The Bertz CT molecular complexity index is 267. The summed E-state index contributed by atoms with van der Waals surface area (Å²) in [4.78, 5) is 0. The van der Waals surface area contributed by atoms with Gasteiger partial charge < -0.3 is 12.9 Å². The molecule has 14 heavy (non-hydrogen) atoms. The van der Waals surface area contributed by atoms with Crippen molar-refractivity contribution >= 4 is 15.1 Å². The molecule has 0 spiro atoms. The van der Waals surface area contributed by atoms with E-state index in [9.17, 15) is 12.9 Å². The van der Waals surface area contributed by atoms with E-state index in [4.69, 9.17) is 0 Å². The van der Waals surface area contributed by atoms with Gasteiger partial charge in [0, 0.05) is 5.31 Å². The molecule has 0 aromatic heterocycles. The van der Waals surface area contributed by atoms with Crippen LogP contribution < -0.4 is 51.4 Å². The van der Waals surface area contributed by atoms with Gasteiger partial charge in [0.05, 0.1) is 0 Å². The maximum atomic E-state index is 12.4. The minimum Gasteiger partial charge on any atom is -0.448 e. The van der Waals surface area contributed by atoms with E-state index in [0.717, 1.165) is 0 Å². The van der Waals surface area contributed by atoms with E-state index in [-0.39, 0.29) is 64.2 Å². The van der Waals surface area contributed by atoms with Crippen molar-refractivity contribution in [1.29, 1.82) is 0 Å². The fourth-order valence-electron chi connectivity index (χ4n) is 0.981. The van der Waals surface area contributed by atoms with Gasteiger partial charge in [-0.2, -0.15) is 0 Å². The van der Waals surface area contributed by atoms with Crippen LogP contribution in [-0.4, -0.2) is 15.1 Å². The standard InChI is InChI=1S/C8H13BF3Si.K/c1-13(2,3)7-6-8(4-5-8)9(10,11)12;/h4-5H2,1-3H3;/q-1;+1. The zero-order chi connectivity index (χ0) is 10.3. The van der Waals surface area contributed by atoms with E-state index in [0.29, 0.717) is 0 Å². The Morgan fingerprint density at radius 1 is 1.14 bits per heavy atom. The van der Waals surface area contributed by atoms with Crippen LogP contribution in [0.2, 0.25) is 25.0 Å². The predicted molar refractivity (Wildman–Crippen MR) is 52.1 cm³/mol. The normalized spacial score (nSPS) is 19.0. The Labute approximate surface area is 127 Å². The number of hydrogen-bond donors (Lipinski definition) is 0. The van der Waals surface area contributed by atoms with Crippen LogP contribution in [0.15, 0.2) is 0 Å². The first-order chi connectivity index (χ1) is 5.66. The summed E-state index contributed by atoms with van der Waals surface area (Å²) >= 11 is 0. The topological polar surface area (TPSA) is 0 Å². The monoisotopic (exact) mass is 244 g/mol. The summed E-state index contributed by atoms with van der Waals surface area (Å²) in [5.41, 5.74) is 2.82. The molecule has 0 saturated heterocycles. The van der Waals surface area contributed by atoms with Gasteiger partial charge in [-0.05, 0) is 0 Å². The quantitative estimate of drug-likeness (QED) is 0.458. The van der Waals surface area contributed by atoms with E-state index in [1.807, 2.05) is 19.6 Å². The van der Waals surface area contributed by atoms with Crippen LogP contribution in [0.25, 0.3) is 0 Å². The average molecular weight is 244 g/mol. The molecule has 0 amide bonds. The van der Waals surface area contributed by atoms with Crippen LogP contribution >= 0.6 is 0 Å². The van der Waals surface area contributed by atoms with E-state index < -0.39 is 20.4 Å². The van der Waals surface area contributed by atoms with Crippen LogP contribution in [-0.2, 0) is 0 Å². The molecule has 0 atom stereocenters. The van der Waals surface area contributed by atoms with Gasteiger partial charge in [-0.15, -0.1) is 11.5 Å².